The summed E-state index contributed by atoms with van der Waals surface area (Å²) in [7, 11) is 4.96. The Labute approximate surface area is 316 Å². The van der Waals surface area contributed by atoms with E-state index in [-0.39, 0.29) is 42.4 Å². The number of fused-ring (bicyclic) bond motifs is 9. The summed E-state index contributed by atoms with van der Waals surface area (Å²) >= 11 is 1.47. The zero-order valence-corrected chi connectivity index (χ0v) is 31.7. The lowest BCUT2D eigenvalue weighted by atomic mass is 9.73. The molecule has 4 bridgehead atoms. The fourth-order valence-corrected chi connectivity index (χ4v) is 11.7. The Kier molecular flexibility index (Phi) is 8.21. The SMILES string of the molecule is COc1cc2c(cc1O)CCNC21CS[C@@H]2c3c(OC(C)=O)c(C)c4c(c3[C@H](COC1=O)N1[C@@H]2[C@@H]2c3c(cc(C)c(OC)c3O)CC([C@@H]1O)N2C)OCO4. The highest BCUT2D eigenvalue weighted by atomic mass is 32.2. The highest BCUT2D eigenvalue weighted by Crippen LogP contribution is 2.64. The van der Waals surface area contributed by atoms with E-state index in [4.69, 9.17) is 28.4 Å². The topological polar surface area (TPSA) is 169 Å². The van der Waals surface area contributed by atoms with Crippen LogP contribution in [0.25, 0.3) is 0 Å². The van der Waals surface area contributed by atoms with Crippen LogP contribution in [0.3, 0.4) is 0 Å². The normalized spacial score (nSPS) is 29.4. The van der Waals surface area contributed by atoms with Gasteiger partial charge in [-0.1, -0.05) is 6.07 Å². The van der Waals surface area contributed by atoms with Gasteiger partial charge in [-0.2, -0.15) is 0 Å². The summed E-state index contributed by atoms with van der Waals surface area (Å²) < 4.78 is 35.9. The molecule has 3 aromatic rings. The summed E-state index contributed by atoms with van der Waals surface area (Å²) in [5.74, 6) is 0.949. The van der Waals surface area contributed by atoms with Gasteiger partial charge in [-0.25, -0.2) is 4.79 Å². The predicted molar refractivity (Wildman–Crippen MR) is 195 cm³/mol. The smallest absolute Gasteiger partial charge is 0.331 e. The van der Waals surface area contributed by atoms with Crippen molar-refractivity contribution in [3.63, 3.8) is 0 Å². The van der Waals surface area contributed by atoms with Gasteiger partial charge in [0.25, 0.3) is 0 Å². The number of hydrogen-bond donors (Lipinski definition) is 4. The maximum absolute atomic E-state index is 14.7. The molecule has 10 rings (SSSR count). The van der Waals surface area contributed by atoms with Crippen LogP contribution in [0.15, 0.2) is 18.2 Å². The van der Waals surface area contributed by atoms with E-state index in [2.05, 4.69) is 10.2 Å². The molecule has 3 aromatic carbocycles. The van der Waals surface area contributed by atoms with Crippen LogP contribution >= 0.6 is 11.8 Å². The van der Waals surface area contributed by atoms with Gasteiger partial charge in [-0.15, -0.1) is 11.8 Å². The van der Waals surface area contributed by atoms with Crippen LogP contribution in [0.1, 0.15) is 68.8 Å². The third-order valence-electron chi connectivity index (χ3n) is 12.3. The molecule has 7 aliphatic rings. The van der Waals surface area contributed by atoms with Gasteiger partial charge in [0.15, 0.2) is 40.0 Å². The van der Waals surface area contributed by atoms with Gasteiger partial charge in [0.2, 0.25) is 6.79 Å². The van der Waals surface area contributed by atoms with Crippen molar-refractivity contribution in [1.82, 2.24) is 15.1 Å². The van der Waals surface area contributed by atoms with Gasteiger partial charge in [0, 0.05) is 47.5 Å². The first-order valence-corrected chi connectivity index (χ1v) is 19.1. The number of carbonyl (C=O) groups is 2. The number of phenolic OH excluding ortho intramolecular Hbond substituents is 2. The van der Waals surface area contributed by atoms with Crippen LogP contribution in [-0.4, -0.2) is 102 Å². The zero-order valence-electron chi connectivity index (χ0n) is 30.8. The average Bonchev–Trinajstić information content (AvgIpc) is 3.63. The lowest BCUT2D eigenvalue weighted by molar-refractivity contribution is -0.186. The minimum atomic E-state index is -1.36. The number of hydrogen-bond acceptors (Lipinski definition) is 15. The van der Waals surface area contributed by atoms with E-state index < -0.39 is 47.1 Å². The van der Waals surface area contributed by atoms with E-state index >= 15 is 0 Å². The molecule has 286 valence electrons. The molecular weight excluding hydrogens is 719 g/mol. The number of piperazine rings is 1. The fraction of sp³-hybridized carbons (Fsp3) is 0.487. The van der Waals surface area contributed by atoms with E-state index in [1.165, 1.54) is 32.9 Å². The van der Waals surface area contributed by atoms with Crippen LogP contribution in [0.5, 0.6) is 40.2 Å². The molecule has 2 unspecified atom stereocenters. The first-order valence-electron chi connectivity index (χ1n) is 18.1. The van der Waals surface area contributed by atoms with Crippen LogP contribution < -0.4 is 29.0 Å². The molecule has 0 aliphatic carbocycles. The Bertz CT molecular complexity index is 2130. The maximum atomic E-state index is 14.7. The van der Waals surface area contributed by atoms with Crippen molar-refractivity contribution in [1.29, 1.82) is 0 Å². The molecule has 7 aliphatic heterocycles. The van der Waals surface area contributed by atoms with Crippen LogP contribution in [0, 0.1) is 13.8 Å². The summed E-state index contributed by atoms with van der Waals surface area (Å²) in [6.07, 6.45) is -0.0282. The number of aryl methyl sites for hydroxylation is 1. The van der Waals surface area contributed by atoms with Crippen molar-refractivity contribution in [2.45, 2.75) is 74.8 Å². The summed E-state index contributed by atoms with van der Waals surface area (Å²) in [4.78, 5) is 31.7. The van der Waals surface area contributed by atoms with E-state index in [1.807, 2.05) is 31.9 Å². The number of aromatic hydroxyl groups is 2. The zero-order chi connectivity index (χ0) is 38.0. The summed E-state index contributed by atoms with van der Waals surface area (Å²) in [5, 5.41) is 38.2. The van der Waals surface area contributed by atoms with E-state index in [0.717, 1.165) is 16.7 Å². The van der Waals surface area contributed by atoms with Crippen molar-refractivity contribution in [3.05, 3.63) is 62.7 Å². The van der Waals surface area contributed by atoms with Crippen molar-refractivity contribution in [2.75, 3.05) is 47.0 Å². The summed E-state index contributed by atoms with van der Waals surface area (Å²) in [5.41, 5.74) is 4.36. The number of methoxy groups -OCH3 is 2. The second kappa shape index (κ2) is 12.6. The molecule has 1 spiro atoms. The molecule has 15 heteroatoms. The molecule has 7 heterocycles. The third kappa shape index (κ3) is 4.74. The van der Waals surface area contributed by atoms with Crippen molar-refractivity contribution in [2.24, 2.45) is 0 Å². The number of benzene rings is 3. The number of aliphatic hydroxyl groups excluding tert-OH is 1. The molecule has 0 amide bonds. The maximum Gasteiger partial charge on any atom is 0.331 e. The number of aliphatic hydroxyl groups is 1. The number of nitrogens with zero attached hydrogens (tertiary/aromatic N) is 2. The lowest BCUT2D eigenvalue weighted by Crippen LogP contribution is -2.70. The Morgan fingerprint density at radius 1 is 1.02 bits per heavy atom. The van der Waals surface area contributed by atoms with Crippen molar-refractivity contribution < 1.29 is 53.3 Å². The Morgan fingerprint density at radius 2 is 1.80 bits per heavy atom. The van der Waals surface area contributed by atoms with Crippen molar-refractivity contribution in [3.8, 4) is 40.2 Å². The Hall–Kier alpha value is -4.41. The number of rotatable bonds is 3. The molecule has 4 N–H and O–H groups in total. The standard InChI is InChI=1S/C39H43N3O11S/c1-16-9-20-10-22-37(46)42-23-13-50-38(47)39(21-12-25(48-5)24(44)11-19(21)7-8-40-39)14-54-36(30(42)29(41(22)4)26(20)31(45)32(16)49-6)28-27(23)35-34(51-15-52-35)17(2)33(28)53-18(3)43/h9,11-12,22-23,29-30,36-37,40,44-46H,7-8,10,13-15H2,1-6H3/t22?,23-,29-,30+,36+,37-,39?/m0/s1. The second-order valence-electron chi connectivity index (χ2n) is 14.9. The number of thioether (sulfide) groups is 1. The predicted octanol–water partition coefficient (Wildman–Crippen LogP) is 3.41. The van der Waals surface area contributed by atoms with Gasteiger partial charge in [0.1, 0.15) is 18.6 Å². The molecule has 2 fully saturated rings. The van der Waals surface area contributed by atoms with Gasteiger partial charge in [-0.05, 0) is 68.1 Å². The van der Waals surface area contributed by atoms with Gasteiger partial charge in [0.05, 0.1) is 37.6 Å². The number of nitrogens with one attached hydrogen (secondary N) is 1. The number of esters is 2. The van der Waals surface area contributed by atoms with Crippen LogP contribution in [-0.2, 0) is 32.7 Å². The first kappa shape index (κ1) is 35.3. The second-order valence-corrected chi connectivity index (χ2v) is 16.1. The number of carbonyl (C=O) groups excluding carboxylic acids is 2. The van der Waals surface area contributed by atoms with Gasteiger partial charge >= 0.3 is 11.9 Å². The number of ether oxygens (including phenoxy) is 6. The quantitative estimate of drug-likeness (QED) is 0.226. The molecule has 14 nitrogen and oxygen atoms in total. The minimum absolute atomic E-state index is 0.0226. The van der Waals surface area contributed by atoms with E-state index in [0.29, 0.717) is 70.2 Å². The molecular formula is C39H43N3O11S. The monoisotopic (exact) mass is 761 g/mol. The Morgan fingerprint density at radius 3 is 2.54 bits per heavy atom. The third-order valence-corrected chi connectivity index (χ3v) is 13.7. The average molecular weight is 762 g/mol. The highest BCUT2D eigenvalue weighted by molar-refractivity contribution is 7.99. The Balaban J connectivity index is 1.32. The van der Waals surface area contributed by atoms with Crippen LogP contribution in [0.2, 0.25) is 0 Å². The fourth-order valence-electron chi connectivity index (χ4n) is 10.00. The summed E-state index contributed by atoms with van der Waals surface area (Å²) in [6.45, 7) is 5.26. The minimum Gasteiger partial charge on any atom is -0.504 e. The van der Waals surface area contributed by atoms with Crippen LogP contribution in [0.4, 0.5) is 0 Å². The molecule has 0 radical (unpaired) electrons. The summed E-state index contributed by atoms with van der Waals surface area (Å²) in [6, 6.07) is 3.13. The van der Waals surface area contributed by atoms with E-state index in [9.17, 15) is 24.9 Å². The lowest BCUT2D eigenvalue weighted by Gasteiger charge is -2.62. The van der Waals surface area contributed by atoms with Gasteiger partial charge in [-0.3, -0.25) is 19.9 Å². The molecule has 0 aromatic heterocycles. The molecule has 54 heavy (non-hydrogen) atoms. The van der Waals surface area contributed by atoms with E-state index in [1.54, 1.807) is 12.1 Å². The molecule has 2 saturated heterocycles. The molecule has 0 saturated carbocycles. The largest absolute Gasteiger partial charge is 0.504 e. The highest BCUT2D eigenvalue weighted by Gasteiger charge is 2.61. The van der Waals surface area contributed by atoms with Gasteiger partial charge < -0.3 is 43.7 Å². The molecule has 7 atom stereocenters. The van der Waals surface area contributed by atoms with Crippen molar-refractivity contribution >= 4 is 23.7 Å². The number of likely N-dealkylation sites (N-methyl/N-ethyl adjacent to an activating group) is 1. The number of phenols is 2. The first-order chi connectivity index (χ1) is 25.9.